The van der Waals surface area contributed by atoms with Crippen LogP contribution in [0.15, 0.2) is 24.4 Å². The SMILES string of the molecule is C[C@@H]1CNC[C@@H](CNc2ccccn2)O1. The number of nitrogens with zero attached hydrogens (tertiary/aromatic N) is 1. The first-order chi connectivity index (χ1) is 7.34. The summed E-state index contributed by atoms with van der Waals surface area (Å²) in [5.41, 5.74) is 0. The molecule has 1 aromatic rings. The third-order valence-electron chi connectivity index (χ3n) is 2.40. The first-order valence-electron chi connectivity index (χ1n) is 5.35. The fourth-order valence-corrected chi connectivity index (χ4v) is 1.68. The van der Waals surface area contributed by atoms with E-state index in [0.29, 0.717) is 6.10 Å². The highest BCUT2D eigenvalue weighted by atomic mass is 16.5. The van der Waals surface area contributed by atoms with Crippen LogP contribution in [0.1, 0.15) is 6.92 Å². The zero-order chi connectivity index (χ0) is 10.5. The Labute approximate surface area is 90.0 Å². The predicted octanol–water partition coefficient (Wildman–Crippen LogP) is 0.870. The molecule has 4 heteroatoms. The summed E-state index contributed by atoms with van der Waals surface area (Å²) in [6, 6.07) is 5.84. The third-order valence-corrected chi connectivity index (χ3v) is 2.40. The molecule has 1 aromatic heterocycles. The molecule has 0 spiro atoms. The zero-order valence-electron chi connectivity index (χ0n) is 8.94. The third kappa shape index (κ3) is 3.18. The summed E-state index contributed by atoms with van der Waals surface area (Å²) in [7, 11) is 0. The van der Waals surface area contributed by atoms with Crippen LogP contribution in [0.5, 0.6) is 0 Å². The minimum atomic E-state index is 0.232. The van der Waals surface area contributed by atoms with Crippen LogP contribution < -0.4 is 10.6 Å². The molecule has 0 radical (unpaired) electrons. The maximum absolute atomic E-state index is 5.76. The maximum atomic E-state index is 5.76. The molecule has 1 aliphatic rings. The van der Waals surface area contributed by atoms with Gasteiger partial charge in [0.05, 0.1) is 12.2 Å². The fraction of sp³-hybridized carbons (Fsp3) is 0.545. The molecule has 15 heavy (non-hydrogen) atoms. The molecule has 0 amide bonds. The van der Waals surface area contributed by atoms with Crippen molar-refractivity contribution in [3.8, 4) is 0 Å². The van der Waals surface area contributed by atoms with Crippen molar-refractivity contribution in [1.29, 1.82) is 0 Å². The number of hydrogen-bond donors (Lipinski definition) is 2. The minimum Gasteiger partial charge on any atom is -0.371 e. The monoisotopic (exact) mass is 207 g/mol. The van der Waals surface area contributed by atoms with Crippen LogP contribution in [-0.4, -0.2) is 36.8 Å². The van der Waals surface area contributed by atoms with Crippen molar-refractivity contribution in [2.75, 3.05) is 25.0 Å². The molecule has 2 heterocycles. The molecule has 2 N–H and O–H groups in total. The topological polar surface area (TPSA) is 46.2 Å². The standard InChI is InChI=1S/C11H17N3O/c1-9-6-12-7-10(15-9)8-14-11-4-2-3-5-13-11/h2-5,9-10,12H,6-8H2,1H3,(H,13,14)/t9-,10+/m1/s1. The van der Waals surface area contributed by atoms with E-state index in [2.05, 4.69) is 22.5 Å². The van der Waals surface area contributed by atoms with E-state index in [0.717, 1.165) is 25.5 Å². The Hall–Kier alpha value is -1.13. The normalized spacial score (nSPS) is 26.2. The number of pyridine rings is 1. The Morgan fingerprint density at radius 2 is 2.47 bits per heavy atom. The van der Waals surface area contributed by atoms with Gasteiger partial charge in [-0.15, -0.1) is 0 Å². The molecule has 2 rings (SSSR count). The van der Waals surface area contributed by atoms with Gasteiger partial charge in [-0.2, -0.15) is 0 Å². The Balaban J connectivity index is 1.78. The van der Waals surface area contributed by atoms with E-state index in [4.69, 9.17) is 4.74 Å². The second-order valence-corrected chi connectivity index (χ2v) is 3.82. The number of hydrogen-bond acceptors (Lipinski definition) is 4. The maximum Gasteiger partial charge on any atom is 0.125 e. The van der Waals surface area contributed by atoms with Gasteiger partial charge in [-0.25, -0.2) is 4.98 Å². The fourth-order valence-electron chi connectivity index (χ4n) is 1.68. The molecule has 2 atom stereocenters. The van der Waals surface area contributed by atoms with Gasteiger partial charge in [0.2, 0.25) is 0 Å². The molecular weight excluding hydrogens is 190 g/mol. The van der Waals surface area contributed by atoms with Crippen LogP contribution in [0.25, 0.3) is 0 Å². The number of morpholine rings is 1. The molecule has 1 fully saturated rings. The largest absolute Gasteiger partial charge is 0.371 e. The van der Waals surface area contributed by atoms with Crippen molar-refractivity contribution in [3.05, 3.63) is 24.4 Å². The lowest BCUT2D eigenvalue weighted by Crippen LogP contribution is -2.46. The van der Waals surface area contributed by atoms with E-state index in [1.807, 2.05) is 18.2 Å². The summed E-state index contributed by atoms with van der Waals surface area (Å²) in [5, 5.41) is 6.59. The van der Waals surface area contributed by atoms with E-state index in [-0.39, 0.29) is 6.10 Å². The van der Waals surface area contributed by atoms with Crippen molar-refractivity contribution in [2.45, 2.75) is 19.1 Å². The predicted molar refractivity (Wildman–Crippen MR) is 59.9 cm³/mol. The number of anilines is 1. The number of rotatable bonds is 3. The van der Waals surface area contributed by atoms with Gasteiger partial charge < -0.3 is 15.4 Å². The lowest BCUT2D eigenvalue weighted by atomic mass is 10.2. The Bertz CT molecular complexity index is 291. The average molecular weight is 207 g/mol. The van der Waals surface area contributed by atoms with Gasteiger partial charge in [0.25, 0.3) is 0 Å². The molecule has 0 saturated carbocycles. The van der Waals surface area contributed by atoms with E-state index in [9.17, 15) is 0 Å². The minimum absolute atomic E-state index is 0.232. The first-order valence-corrected chi connectivity index (χ1v) is 5.35. The first kappa shape index (κ1) is 10.4. The van der Waals surface area contributed by atoms with Crippen LogP contribution in [0.4, 0.5) is 5.82 Å². The van der Waals surface area contributed by atoms with Gasteiger partial charge in [-0.05, 0) is 19.1 Å². The molecule has 4 nitrogen and oxygen atoms in total. The molecule has 0 unspecified atom stereocenters. The van der Waals surface area contributed by atoms with Crippen molar-refractivity contribution in [1.82, 2.24) is 10.3 Å². The van der Waals surface area contributed by atoms with Crippen molar-refractivity contribution in [2.24, 2.45) is 0 Å². The van der Waals surface area contributed by atoms with Gasteiger partial charge in [0.15, 0.2) is 0 Å². The van der Waals surface area contributed by atoms with Crippen LogP contribution in [0, 0.1) is 0 Å². The highest BCUT2D eigenvalue weighted by Crippen LogP contribution is 2.05. The second-order valence-electron chi connectivity index (χ2n) is 3.82. The molecule has 82 valence electrons. The van der Waals surface area contributed by atoms with E-state index < -0.39 is 0 Å². The molecule has 0 bridgehead atoms. The molecule has 0 aromatic carbocycles. The Morgan fingerprint density at radius 1 is 1.53 bits per heavy atom. The average Bonchev–Trinajstić information content (AvgIpc) is 2.28. The summed E-state index contributed by atoms with van der Waals surface area (Å²) in [5.74, 6) is 0.902. The Morgan fingerprint density at radius 3 is 3.20 bits per heavy atom. The number of ether oxygens (including phenoxy) is 1. The van der Waals surface area contributed by atoms with Crippen molar-refractivity contribution < 1.29 is 4.74 Å². The molecule has 1 aliphatic heterocycles. The summed E-state index contributed by atoms with van der Waals surface area (Å²) in [6.45, 7) is 4.73. The summed E-state index contributed by atoms with van der Waals surface area (Å²) in [6.07, 6.45) is 2.32. The van der Waals surface area contributed by atoms with Gasteiger partial charge in [-0.1, -0.05) is 6.07 Å². The number of aromatic nitrogens is 1. The summed E-state index contributed by atoms with van der Waals surface area (Å²) in [4.78, 5) is 4.20. The second kappa shape index (κ2) is 5.09. The Kier molecular flexibility index (Phi) is 3.53. The summed E-state index contributed by atoms with van der Waals surface area (Å²) < 4.78 is 5.76. The van der Waals surface area contributed by atoms with Gasteiger partial charge >= 0.3 is 0 Å². The van der Waals surface area contributed by atoms with Gasteiger partial charge in [-0.3, -0.25) is 0 Å². The van der Waals surface area contributed by atoms with Gasteiger partial charge in [0, 0.05) is 25.8 Å². The van der Waals surface area contributed by atoms with Crippen LogP contribution in [-0.2, 0) is 4.74 Å². The highest BCUT2D eigenvalue weighted by molar-refractivity contribution is 5.33. The van der Waals surface area contributed by atoms with Gasteiger partial charge in [0.1, 0.15) is 5.82 Å². The molecule has 0 aliphatic carbocycles. The smallest absolute Gasteiger partial charge is 0.125 e. The van der Waals surface area contributed by atoms with Crippen molar-refractivity contribution in [3.63, 3.8) is 0 Å². The lowest BCUT2D eigenvalue weighted by molar-refractivity contribution is -0.0196. The highest BCUT2D eigenvalue weighted by Gasteiger charge is 2.18. The quantitative estimate of drug-likeness (QED) is 0.772. The van der Waals surface area contributed by atoms with E-state index >= 15 is 0 Å². The zero-order valence-corrected chi connectivity index (χ0v) is 8.94. The summed E-state index contributed by atoms with van der Waals surface area (Å²) >= 11 is 0. The van der Waals surface area contributed by atoms with Crippen LogP contribution in [0.3, 0.4) is 0 Å². The van der Waals surface area contributed by atoms with Crippen LogP contribution in [0.2, 0.25) is 0 Å². The molecular formula is C11H17N3O. The van der Waals surface area contributed by atoms with Crippen LogP contribution >= 0.6 is 0 Å². The van der Waals surface area contributed by atoms with Crippen molar-refractivity contribution >= 4 is 5.82 Å². The van der Waals surface area contributed by atoms with E-state index in [1.165, 1.54) is 0 Å². The molecule has 1 saturated heterocycles. The number of nitrogens with one attached hydrogen (secondary N) is 2. The van der Waals surface area contributed by atoms with E-state index in [1.54, 1.807) is 6.20 Å². The lowest BCUT2D eigenvalue weighted by Gasteiger charge is -2.28.